The lowest BCUT2D eigenvalue weighted by atomic mass is 10.3. The predicted octanol–water partition coefficient (Wildman–Crippen LogP) is 0.938. The molecule has 1 aromatic heterocycles. The fraction of sp³-hybridized carbons (Fsp3) is 0.545. The molecule has 0 unspecified atom stereocenters. The van der Waals surface area contributed by atoms with Crippen LogP contribution in [0, 0.1) is 11.3 Å². The molecule has 0 aromatic carbocycles. The lowest BCUT2D eigenvalue weighted by Crippen LogP contribution is -2.33. The molecule has 1 amide bonds. The van der Waals surface area contributed by atoms with Crippen LogP contribution in [0.25, 0.3) is 0 Å². The summed E-state index contributed by atoms with van der Waals surface area (Å²) in [7, 11) is 1.79. The standard InChI is InChI=1S/C11H14N4O/c1-14-8-9(7-13-14)11(16)15(6-2-5-12)10-3-4-10/h7-8,10H,2-4,6H2,1H3. The smallest absolute Gasteiger partial charge is 0.257 e. The summed E-state index contributed by atoms with van der Waals surface area (Å²) in [6, 6.07) is 2.41. The molecule has 1 fully saturated rings. The molecule has 5 heteroatoms. The van der Waals surface area contributed by atoms with Crippen molar-refractivity contribution in [1.82, 2.24) is 14.7 Å². The molecular formula is C11H14N4O. The fourth-order valence-corrected chi connectivity index (χ4v) is 1.70. The van der Waals surface area contributed by atoms with Crippen molar-refractivity contribution in [3.05, 3.63) is 18.0 Å². The lowest BCUT2D eigenvalue weighted by molar-refractivity contribution is 0.0747. The van der Waals surface area contributed by atoms with Crippen LogP contribution in [0.2, 0.25) is 0 Å². The summed E-state index contributed by atoms with van der Waals surface area (Å²) in [5.74, 6) is -0.00847. The monoisotopic (exact) mass is 218 g/mol. The van der Waals surface area contributed by atoms with Gasteiger partial charge in [-0.15, -0.1) is 0 Å². The summed E-state index contributed by atoms with van der Waals surface area (Å²) >= 11 is 0. The number of nitrogens with zero attached hydrogens (tertiary/aromatic N) is 4. The summed E-state index contributed by atoms with van der Waals surface area (Å²) in [6.07, 6.45) is 5.78. The van der Waals surface area contributed by atoms with Crippen LogP contribution in [0.3, 0.4) is 0 Å². The third-order valence-corrected chi connectivity index (χ3v) is 2.66. The number of carbonyl (C=O) groups excluding carboxylic acids is 1. The maximum Gasteiger partial charge on any atom is 0.257 e. The van der Waals surface area contributed by atoms with Crippen LogP contribution in [0.15, 0.2) is 12.4 Å². The van der Waals surface area contributed by atoms with Gasteiger partial charge in [0.05, 0.1) is 24.3 Å². The highest BCUT2D eigenvalue weighted by atomic mass is 16.2. The third-order valence-electron chi connectivity index (χ3n) is 2.66. The van der Waals surface area contributed by atoms with Crippen molar-refractivity contribution in [2.45, 2.75) is 25.3 Å². The second-order valence-corrected chi connectivity index (χ2v) is 4.04. The first-order valence-electron chi connectivity index (χ1n) is 5.39. The van der Waals surface area contributed by atoms with E-state index in [0.29, 0.717) is 24.6 Å². The maximum absolute atomic E-state index is 12.1. The van der Waals surface area contributed by atoms with E-state index in [1.54, 1.807) is 29.0 Å². The van der Waals surface area contributed by atoms with Gasteiger partial charge in [-0.3, -0.25) is 9.48 Å². The van der Waals surface area contributed by atoms with E-state index in [0.717, 1.165) is 12.8 Å². The quantitative estimate of drug-likeness (QED) is 0.755. The van der Waals surface area contributed by atoms with Gasteiger partial charge in [0.25, 0.3) is 5.91 Å². The van der Waals surface area contributed by atoms with Gasteiger partial charge in [0, 0.05) is 25.8 Å². The Bertz CT molecular complexity index is 427. The topological polar surface area (TPSA) is 61.9 Å². The number of hydrogen-bond acceptors (Lipinski definition) is 3. The van der Waals surface area contributed by atoms with E-state index in [9.17, 15) is 4.79 Å². The van der Waals surface area contributed by atoms with E-state index in [1.807, 2.05) is 0 Å². The van der Waals surface area contributed by atoms with Gasteiger partial charge in [0.2, 0.25) is 0 Å². The van der Waals surface area contributed by atoms with Crippen LogP contribution >= 0.6 is 0 Å². The zero-order valence-corrected chi connectivity index (χ0v) is 9.26. The fourth-order valence-electron chi connectivity index (χ4n) is 1.70. The molecule has 0 spiro atoms. The largest absolute Gasteiger partial charge is 0.335 e. The van der Waals surface area contributed by atoms with Gasteiger partial charge in [-0.2, -0.15) is 10.4 Å². The highest BCUT2D eigenvalue weighted by Crippen LogP contribution is 2.28. The Kier molecular flexibility index (Phi) is 2.91. The van der Waals surface area contributed by atoms with Crippen LogP contribution in [0.5, 0.6) is 0 Å². The van der Waals surface area contributed by atoms with Crippen molar-refractivity contribution in [2.24, 2.45) is 7.05 Å². The Morgan fingerprint density at radius 3 is 3.00 bits per heavy atom. The molecule has 0 N–H and O–H groups in total. The van der Waals surface area contributed by atoms with Crippen LogP contribution in [-0.4, -0.2) is 33.2 Å². The molecule has 0 saturated heterocycles. The molecule has 1 aliphatic rings. The van der Waals surface area contributed by atoms with E-state index in [4.69, 9.17) is 5.26 Å². The summed E-state index contributed by atoms with van der Waals surface area (Å²) in [5.41, 5.74) is 0.604. The molecule has 0 aliphatic heterocycles. The van der Waals surface area contributed by atoms with Crippen molar-refractivity contribution < 1.29 is 4.79 Å². The van der Waals surface area contributed by atoms with E-state index in [2.05, 4.69) is 11.2 Å². The first kappa shape index (κ1) is 10.7. The van der Waals surface area contributed by atoms with Crippen LogP contribution in [0.4, 0.5) is 0 Å². The Hall–Kier alpha value is -1.83. The minimum absolute atomic E-state index is 0.00847. The van der Waals surface area contributed by atoms with E-state index < -0.39 is 0 Å². The van der Waals surface area contributed by atoms with Crippen LogP contribution in [0.1, 0.15) is 29.6 Å². The zero-order valence-electron chi connectivity index (χ0n) is 9.26. The molecule has 5 nitrogen and oxygen atoms in total. The van der Waals surface area contributed by atoms with Crippen molar-refractivity contribution in [1.29, 1.82) is 5.26 Å². The number of amides is 1. The van der Waals surface area contributed by atoms with Crippen LogP contribution in [-0.2, 0) is 7.05 Å². The number of carbonyl (C=O) groups is 1. The molecule has 84 valence electrons. The Morgan fingerprint density at radius 2 is 2.50 bits per heavy atom. The van der Waals surface area contributed by atoms with Crippen molar-refractivity contribution in [2.75, 3.05) is 6.54 Å². The first-order chi connectivity index (χ1) is 7.72. The maximum atomic E-state index is 12.1. The van der Waals surface area contributed by atoms with Gasteiger partial charge in [-0.1, -0.05) is 0 Å². The minimum atomic E-state index is -0.00847. The number of aryl methyl sites for hydroxylation is 1. The molecule has 0 radical (unpaired) electrons. The average molecular weight is 218 g/mol. The Balaban J connectivity index is 2.08. The second kappa shape index (κ2) is 4.35. The SMILES string of the molecule is Cn1cc(C(=O)N(CCC#N)C2CC2)cn1. The van der Waals surface area contributed by atoms with Crippen molar-refractivity contribution >= 4 is 5.91 Å². The highest BCUT2D eigenvalue weighted by molar-refractivity contribution is 5.94. The Labute approximate surface area is 94.3 Å². The van der Waals surface area contributed by atoms with Gasteiger partial charge >= 0.3 is 0 Å². The minimum Gasteiger partial charge on any atom is -0.335 e. The van der Waals surface area contributed by atoms with E-state index in [-0.39, 0.29) is 5.91 Å². The molecule has 16 heavy (non-hydrogen) atoms. The average Bonchev–Trinajstić information content (AvgIpc) is 3.01. The summed E-state index contributed by atoms with van der Waals surface area (Å²) in [4.78, 5) is 13.9. The van der Waals surface area contributed by atoms with Crippen molar-refractivity contribution in [3.63, 3.8) is 0 Å². The summed E-state index contributed by atoms with van der Waals surface area (Å²) < 4.78 is 1.61. The number of aromatic nitrogens is 2. The summed E-state index contributed by atoms with van der Waals surface area (Å²) in [5, 5.41) is 12.6. The zero-order chi connectivity index (χ0) is 11.5. The molecule has 0 atom stereocenters. The molecule has 0 bridgehead atoms. The molecule has 1 saturated carbocycles. The first-order valence-corrected chi connectivity index (χ1v) is 5.39. The molecular weight excluding hydrogens is 204 g/mol. The van der Waals surface area contributed by atoms with E-state index >= 15 is 0 Å². The molecule has 1 aromatic rings. The van der Waals surface area contributed by atoms with Gasteiger partial charge in [-0.05, 0) is 12.8 Å². The van der Waals surface area contributed by atoms with E-state index in [1.165, 1.54) is 0 Å². The molecule has 2 rings (SSSR count). The van der Waals surface area contributed by atoms with Gasteiger partial charge in [-0.25, -0.2) is 0 Å². The lowest BCUT2D eigenvalue weighted by Gasteiger charge is -2.20. The summed E-state index contributed by atoms with van der Waals surface area (Å²) in [6.45, 7) is 0.523. The molecule has 1 aliphatic carbocycles. The Morgan fingerprint density at radius 1 is 1.75 bits per heavy atom. The van der Waals surface area contributed by atoms with Gasteiger partial charge in [0.1, 0.15) is 0 Å². The second-order valence-electron chi connectivity index (χ2n) is 4.04. The number of nitriles is 1. The van der Waals surface area contributed by atoms with Gasteiger partial charge in [0.15, 0.2) is 0 Å². The van der Waals surface area contributed by atoms with Gasteiger partial charge < -0.3 is 4.90 Å². The normalized spacial score (nSPS) is 14.5. The van der Waals surface area contributed by atoms with Crippen molar-refractivity contribution in [3.8, 4) is 6.07 Å². The number of rotatable bonds is 4. The highest BCUT2D eigenvalue weighted by Gasteiger charge is 2.32. The molecule has 1 heterocycles. The predicted molar refractivity (Wildman–Crippen MR) is 57.5 cm³/mol. The third kappa shape index (κ3) is 2.22. The number of hydrogen-bond donors (Lipinski definition) is 0. The van der Waals surface area contributed by atoms with Crippen LogP contribution < -0.4 is 0 Å².